The van der Waals surface area contributed by atoms with Crippen LogP contribution in [0.1, 0.15) is 26.7 Å². The molecule has 1 aromatic carbocycles. The zero-order valence-electron chi connectivity index (χ0n) is 10.3. The van der Waals surface area contributed by atoms with Crippen LogP contribution in [-0.2, 0) is 0 Å². The number of nitrogens with one attached hydrogen (secondary N) is 1. The highest BCUT2D eigenvalue weighted by atomic mass is 35.5. The Labute approximate surface area is 118 Å². The van der Waals surface area contributed by atoms with Gasteiger partial charge in [-0.3, -0.25) is 0 Å². The molecule has 1 rings (SSSR count). The summed E-state index contributed by atoms with van der Waals surface area (Å²) >= 11 is 13.7. The van der Waals surface area contributed by atoms with Gasteiger partial charge in [-0.05, 0) is 50.3 Å². The summed E-state index contributed by atoms with van der Waals surface area (Å²) in [6, 6.07) is 6.37. The van der Waals surface area contributed by atoms with Crippen molar-refractivity contribution in [2.75, 3.05) is 12.3 Å². The average molecular weight is 292 g/mol. The molecule has 0 aliphatic rings. The van der Waals surface area contributed by atoms with E-state index in [-0.39, 0.29) is 0 Å². The molecule has 0 saturated heterocycles. The second kappa shape index (κ2) is 8.25. The predicted molar refractivity (Wildman–Crippen MR) is 79.6 cm³/mol. The van der Waals surface area contributed by atoms with E-state index >= 15 is 0 Å². The molecule has 0 spiro atoms. The third kappa shape index (κ3) is 6.01. The molecule has 1 N–H and O–H groups in total. The van der Waals surface area contributed by atoms with Crippen molar-refractivity contribution in [2.24, 2.45) is 0 Å². The predicted octanol–water partition coefficient (Wildman–Crippen LogP) is 4.86. The quantitative estimate of drug-likeness (QED) is 0.720. The van der Waals surface area contributed by atoms with Crippen molar-refractivity contribution in [3.05, 3.63) is 28.2 Å². The molecule has 0 heterocycles. The lowest BCUT2D eigenvalue weighted by atomic mass is 10.2. The molecular weight excluding hydrogens is 273 g/mol. The molecule has 1 atom stereocenters. The Hall–Kier alpha value is 0.110. The molecule has 0 fully saturated rings. The first-order chi connectivity index (χ1) is 8.13. The Kier molecular flexibility index (Phi) is 7.36. The number of halogens is 2. The van der Waals surface area contributed by atoms with Gasteiger partial charge in [0.1, 0.15) is 0 Å². The van der Waals surface area contributed by atoms with Gasteiger partial charge in [-0.2, -0.15) is 0 Å². The van der Waals surface area contributed by atoms with Gasteiger partial charge in [-0.1, -0.05) is 30.1 Å². The molecule has 0 aliphatic heterocycles. The standard InChI is InChI=1S/C13H19Cl2NS/c1-3-7-16-10(2)6-8-17-11-4-5-12(14)13(15)9-11/h4-5,9-10,16H,3,6-8H2,1-2H3. The van der Waals surface area contributed by atoms with Crippen molar-refractivity contribution in [3.8, 4) is 0 Å². The highest BCUT2D eigenvalue weighted by Crippen LogP contribution is 2.28. The summed E-state index contributed by atoms with van der Waals surface area (Å²) in [7, 11) is 0. The van der Waals surface area contributed by atoms with Gasteiger partial charge in [0.25, 0.3) is 0 Å². The van der Waals surface area contributed by atoms with Crippen LogP contribution in [0.5, 0.6) is 0 Å². The second-order valence-corrected chi connectivity index (χ2v) is 6.05. The van der Waals surface area contributed by atoms with E-state index in [0.717, 1.165) is 18.7 Å². The second-order valence-electron chi connectivity index (χ2n) is 4.07. The van der Waals surface area contributed by atoms with Crippen LogP contribution in [0.15, 0.2) is 23.1 Å². The largest absolute Gasteiger partial charge is 0.314 e. The highest BCUT2D eigenvalue weighted by Gasteiger charge is 2.03. The van der Waals surface area contributed by atoms with Crippen molar-refractivity contribution in [1.29, 1.82) is 0 Å². The van der Waals surface area contributed by atoms with E-state index in [4.69, 9.17) is 23.2 Å². The molecule has 0 bridgehead atoms. The van der Waals surface area contributed by atoms with Crippen LogP contribution in [0.4, 0.5) is 0 Å². The van der Waals surface area contributed by atoms with Crippen LogP contribution in [0.3, 0.4) is 0 Å². The van der Waals surface area contributed by atoms with E-state index in [2.05, 4.69) is 19.2 Å². The lowest BCUT2D eigenvalue weighted by molar-refractivity contribution is 0.536. The SMILES string of the molecule is CCCNC(C)CCSc1ccc(Cl)c(Cl)c1. The fourth-order valence-corrected chi connectivity index (χ4v) is 2.85. The fourth-order valence-electron chi connectivity index (χ4n) is 1.41. The Morgan fingerprint density at radius 3 is 2.71 bits per heavy atom. The number of thioether (sulfide) groups is 1. The van der Waals surface area contributed by atoms with Gasteiger partial charge in [0.05, 0.1) is 10.0 Å². The molecule has 0 saturated carbocycles. The molecule has 1 aromatic rings. The molecule has 0 radical (unpaired) electrons. The lowest BCUT2D eigenvalue weighted by Gasteiger charge is -2.12. The van der Waals surface area contributed by atoms with Crippen molar-refractivity contribution in [2.45, 2.75) is 37.6 Å². The Balaban J connectivity index is 2.28. The maximum atomic E-state index is 5.97. The molecule has 0 aromatic heterocycles. The van der Waals surface area contributed by atoms with Crippen LogP contribution < -0.4 is 5.32 Å². The summed E-state index contributed by atoms with van der Waals surface area (Å²) in [6.45, 7) is 5.51. The van der Waals surface area contributed by atoms with Crippen molar-refractivity contribution in [1.82, 2.24) is 5.32 Å². The van der Waals surface area contributed by atoms with E-state index in [1.54, 1.807) is 0 Å². The van der Waals surface area contributed by atoms with Crippen molar-refractivity contribution >= 4 is 35.0 Å². The van der Waals surface area contributed by atoms with Gasteiger partial charge < -0.3 is 5.32 Å². The lowest BCUT2D eigenvalue weighted by Crippen LogP contribution is -2.27. The third-order valence-corrected chi connectivity index (χ3v) is 4.22. The van der Waals surface area contributed by atoms with Gasteiger partial charge in [0.15, 0.2) is 0 Å². The van der Waals surface area contributed by atoms with Crippen molar-refractivity contribution in [3.63, 3.8) is 0 Å². The van der Waals surface area contributed by atoms with Gasteiger partial charge >= 0.3 is 0 Å². The van der Waals surface area contributed by atoms with E-state index < -0.39 is 0 Å². The van der Waals surface area contributed by atoms with Gasteiger partial charge in [0.2, 0.25) is 0 Å². The highest BCUT2D eigenvalue weighted by molar-refractivity contribution is 7.99. The normalized spacial score (nSPS) is 12.7. The smallest absolute Gasteiger partial charge is 0.0603 e. The van der Waals surface area contributed by atoms with Crippen LogP contribution in [0.2, 0.25) is 10.0 Å². The van der Waals surface area contributed by atoms with E-state index in [1.807, 2.05) is 30.0 Å². The van der Waals surface area contributed by atoms with E-state index in [0.29, 0.717) is 16.1 Å². The summed E-state index contributed by atoms with van der Waals surface area (Å²) in [5, 5.41) is 4.73. The number of rotatable bonds is 7. The van der Waals surface area contributed by atoms with E-state index in [1.165, 1.54) is 11.3 Å². The number of benzene rings is 1. The Morgan fingerprint density at radius 1 is 1.29 bits per heavy atom. The first-order valence-corrected chi connectivity index (χ1v) is 7.69. The number of hydrogen-bond donors (Lipinski definition) is 1. The average Bonchev–Trinajstić information content (AvgIpc) is 2.31. The summed E-state index contributed by atoms with van der Waals surface area (Å²) in [6.07, 6.45) is 2.34. The zero-order chi connectivity index (χ0) is 12.7. The summed E-state index contributed by atoms with van der Waals surface area (Å²) in [4.78, 5) is 1.18. The van der Waals surface area contributed by atoms with Gasteiger partial charge in [0, 0.05) is 10.9 Å². The first kappa shape index (κ1) is 15.2. The fraction of sp³-hybridized carbons (Fsp3) is 0.538. The third-order valence-electron chi connectivity index (χ3n) is 2.45. The Morgan fingerprint density at radius 2 is 2.06 bits per heavy atom. The van der Waals surface area contributed by atoms with Crippen LogP contribution in [-0.4, -0.2) is 18.3 Å². The van der Waals surface area contributed by atoms with Gasteiger partial charge in [-0.25, -0.2) is 0 Å². The topological polar surface area (TPSA) is 12.0 Å². The molecule has 1 unspecified atom stereocenters. The molecule has 17 heavy (non-hydrogen) atoms. The zero-order valence-corrected chi connectivity index (χ0v) is 12.6. The minimum Gasteiger partial charge on any atom is -0.314 e. The minimum absolute atomic E-state index is 0.574. The first-order valence-electron chi connectivity index (χ1n) is 5.94. The molecule has 0 amide bonds. The molecule has 1 nitrogen and oxygen atoms in total. The molecular formula is C13H19Cl2NS. The van der Waals surface area contributed by atoms with Gasteiger partial charge in [-0.15, -0.1) is 11.8 Å². The maximum absolute atomic E-state index is 5.97. The van der Waals surface area contributed by atoms with Crippen LogP contribution in [0.25, 0.3) is 0 Å². The van der Waals surface area contributed by atoms with Crippen LogP contribution in [0, 0.1) is 0 Å². The maximum Gasteiger partial charge on any atom is 0.0603 e. The molecule has 0 aliphatic carbocycles. The summed E-state index contributed by atoms with van der Waals surface area (Å²) in [5.41, 5.74) is 0. The summed E-state index contributed by atoms with van der Waals surface area (Å²) in [5.74, 6) is 1.09. The molecule has 4 heteroatoms. The summed E-state index contributed by atoms with van der Waals surface area (Å²) < 4.78 is 0. The van der Waals surface area contributed by atoms with E-state index in [9.17, 15) is 0 Å². The van der Waals surface area contributed by atoms with Crippen LogP contribution >= 0.6 is 35.0 Å². The van der Waals surface area contributed by atoms with Crippen molar-refractivity contribution < 1.29 is 0 Å². The minimum atomic E-state index is 0.574. The number of hydrogen-bond acceptors (Lipinski definition) is 2. The monoisotopic (exact) mass is 291 g/mol. The molecule has 96 valence electrons. The Bertz CT molecular complexity index is 344.